The van der Waals surface area contributed by atoms with Crippen LogP contribution in [0.5, 0.6) is 11.6 Å². The molecule has 3 nitrogen and oxygen atoms in total. The zero-order valence-corrected chi connectivity index (χ0v) is 11.0. The summed E-state index contributed by atoms with van der Waals surface area (Å²) in [6, 6.07) is 6.38. The van der Waals surface area contributed by atoms with E-state index in [0.29, 0.717) is 4.47 Å². The van der Waals surface area contributed by atoms with Crippen LogP contribution in [0.1, 0.15) is 5.56 Å². The molecule has 2 aromatic rings. The van der Waals surface area contributed by atoms with Gasteiger partial charge in [-0.1, -0.05) is 12.1 Å². The van der Waals surface area contributed by atoms with Crippen LogP contribution in [0.3, 0.4) is 0 Å². The number of rotatable bonds is 2. The van der Waals surface area contributed by atoms with Crippen LogP contribution in [-0.4, -0.2) is 4.98 Å². The van der Waals surface area contributed by atoms with Gasteiger partial charge in [-0.2, -0.15) is 13.2 Å². The fraction of sp³-hybridized carbons (Fsp3) is 0.0833. The lowest BCUT2D eigenvalue weighted by Crippen LogP contribution is -2.07. The molecule has 0 atom stereocenters. The number of hydrogen-bond acceptors (Lipinski definition) is 3. The van der Waals surface area contributed by atoms with Gasteiger partial charge in [-0.15, -0.1) is 0 Å². The number of anilines is 1. The molecule has 1 aromatic heterocycles. The quantitative estimate of drug-likeness (QED) is 0.894. The Balaban J connectivity index is 2.39. The molecule has 2 N–H and O–H groups in total. The predicted molar refractivity (Wildman–Crippen MR) is 67.9 cm³/mol. The van der Waals surface area contributed by atoms with E-state index in [1.54, 1.807) is 0 Å². The SMILES string of the molecule is Nc1cc(Br)cnc1Oc1ccccc1C(F)(F)F. The summed E-state index contributed by atoms with van der Waals surface area (Å²) in [5.41, 5.74) is 4.90. The number of alkyl halides is 3. The zero-order chi connectivity index (χ0) is 14.0. The summed E-state index contributed by atoms with van der Waals surface area (Å²) in [5, 5.41) is 0. The molecule has 0 bridgehead atoms. The first kappa shape index (κ1) is 13.7. The number of halogens is 4. The van der Waals surface area contributed by atoms with E-state index in [9.17, 15) is 13.2 Å². The fourth-order valence-corrected chi connectivity index (χ4v) is 1.77. The molecule has 7 heteroatoms. The van der Waals surface area contributed by atoms with Crippen molar-refractivity contribution in [3.8, 4) is 11.6 Å². The largest absolute Gasteiger partial charge is 0.436 e. The first-order valence-corrected chi connectivity index (χ1v) is 5.92. The first-order valence-electron chi connectivity index (χ1n) is 5.13. The summed E-state index contributed by atoms with van der Waals surface area (Å²) in [4.78, 5) is 3.83. The lowest BCUT2D eigenvalue weighted by atomic mass is 10.2. The lowest BCUT2D eigenvalue weighted by molar-refractivity contribution is -0.138. The lowest BCUT2D eigenvalue weighted by Gasteiger charge is -2.13. The third kappa shape index (κ3) is 3.17. The predicted octanol–water partition coefficient (Wildman–Crippen LogP) is 4.24. The zero-order valence-electron chi connectivity index (χ0n) is 9.41. The maximum atomic E-state index is 12.8. The van der Waals surface area contributed by atoms with E-state index in [-0.39, 0.29) is 17.3 Å². The Bertz CT molecular complexity index is 602. The molecule has 1 aromatic carbocycles. The van der Waals surface area contributed by atoms with Crippen molar-refractivity contribution in [2.75, 3.05) is 5.73 Å². The van der Waals surface area contributed by atoms with E-state index in [4.69, 9.17) is 10.5 Å². The van der Waals surface area contributed by atoms with Crippen molar-refractivity contribution in [1.82, 2.24) is 4.98 Å². The first-order chi connectivity index (χ1) is 8.88. The van der Waals surface area contributed by atoms with Crippen molar-refractivity contribution >= 4 is 21.6 Å². The van der Waals surface area contributed by atoms with Gasteiger partial charge in [0.15, 0.2) is 0 Å². The van der Waals surface area contributed by atoms with Gasteiger partial charge in [-0.3, -0.25) is 0 Å². The molecule has 0 saturated heterocycles. The Hall–Kier alpha value is -1.76. The average molecular weight is 333 g/mol. The number of nitrogens with two attached hydrogens (primary N) is 1. The Kier molecular flexibility index (Phi) is 3.66. The molecular formula is C12H8BrF3N2O. The highest BCUT2D eigenvalue weighted by molar-refractivity contribution is 9.10. The van der Waals surface area contributed by atoms with Crippen LogP contribution >= 0.6 is 15.9 Å². The molecule has 0 aliphatic heterocycles. The summed E-state index contributed by atoms with van der Waals surface area (Å²) >= 11 is 3.15. The van der Waals surface area contributed by atoms with Crippen LogP contribution in [0.15, 0.2) is 41.0 Å². The van der Waals surface area contributed by atoms with Crippen LogP contribution in [0, 0.1) is 0 Å². The van der Waals surface area contributed by atoms with Crippen molar-refractivity contribution in [3.05, 3.63) is 46.6 Å². The number of benzene rings is 1. The molecule has 2 rings (SSSR count). The van der Waals surface area contributed by atoms with Crippen molar-refractivity contribution in [1.29, 1.82) is 0 Å². The highest BCUT2D eigenvalue weighted by Crippen LogP contribution is 2.38. The monoisotopic (exact) mass is 332 g/mol. The van der Waals surface area contributed by atoms with Gasteiger partial charge in [-0.25, -0.2) is 4.98 Å². The van der Waals surface area contributed by atoms with E-state index in [1.165, 1.54) is 30.5 Å². The molecule has 0 amide bonds. The molecular weight excluding hydrogens is 325 g/mol. The van der Waals surface area contributed by atoms with E-state index in [0.717, 1.165) is 6.07 Å². The van der Waals surface area contributed by atoms with Gasteiger partial charge in [-0.05, 0) is 34.1 Å². The molecule has 19 heavy (non-hydrogen) atoms. The number of ether oxygens (including phenoxy) is 1. The normalized spacial score (nSPS) is 11.4. The number of para-hydroxylation sites is 1. The second kappa shape index (κ2) is 5.08. The molecule has 0 spiro atoms. The number of aromatic nitrogens is 1. The summed E-state index contributed by atoms with van der Waals surface area (Å²) in [6.07, 6.45) is -3.11. The van der Waals surface area contributed by atoms with Crippen molar-refractivity contribution < 1.29 is 17.9 Å². The number of pyridine rings is 1. The maximum absolute atomic E-state index is 12.8. The van der Waals surface area contributed by atoms with Crippen LogP contribution in [0.25, 0.3) is 0 Å². The fourth-order valence-electron chi connectivity index (χ4n) is 1.42. The van der Waals surface area contributed by atoms with E-state index >= 15 is 0 Å². The summed E-state index contributed by atoms with van der Waals surface area (Å²) < 4.78 is 44.1. The van der Waals surface area contributed by atoms with Gasteiger partial charge in [0.25, 0.3) is 0 Å². The molecule has 0 aliphatic rings. The van der Waals surface area contributed by atoms with E-state index in [2.05, 4.69) is 20.9 Å². The second-order valence-electron chi connectivity index (χ2n) is 3.64. The van der Waals surface area contributed by atoms with Gasteiger partial charge in [0.05, 0.1) is 11.3 Å². The highest BCUT2D eigenvalue weighted by atomic mass is 79.9. The molecule has 0 aliphatic carbocycles. The molecule has 0 unspecified atom stereocenters. The van der Waals surface area contributed by atoms with Crippen molar-refractivity contribution in [2.45, 2.75) is 6.18 Å². The summed E-state index contributed by atoms with van der Waals surface area (Å²) in [7, 11) is 0. The van der Waals surface area contributed by atoms with Gasteiger partial charge < -0.3 is 10.5 Å². The molecule has 100 valence electrons. The van der Waals surface area contributed by atoms with Crippen LogP contribution in [0.2, 0.25) is 0 Å². The number of nitrogens with zero attached hydrogens (tertiary/aromatic N) is 1. The van der Waals surface area contributed by atoms with Crippen LogP contribution < -0.4 is 10.5 Å². The Morgan fingerprint density at radius 2 is 1.89 bits per heavy atom. The van der Waals surface area contributed by atoms with Gasteiger partial charge in [0.1, 0.15) is 5.75 Å². The van der Waals surface area contributed by atoms with Gasteiger partial charge >= 0.3 is 6.18 Å². The smallest absolute Gasteiger partial charge is 0.419 e. The molecule has 0 saturated carbocycles. The number of nitrogen functional groups attached to an aromatic ring is 1. The Labute approximate surface area is 115 Å². The summed E-state index contributed by atoms with van der Waals surface area (Å²) in [5.74, 6) is -0.406. The average Bonchev–Trinajstić information content (AvgIpc) is 2.32. The minimum absolute atomic E-state index is 0.0695. The molecule has 1 heterocycles. The molecule has 0 radical (unpaired) electrons. The number of hydrogen-bond donors (Lipinski definition) is 1. The van der Waals surface area contributed by atoms with Gasteiger partial charge in [0.2, 0.25) is 5.88 Å². The summed E-state index contributed by atoms with van der Waals surface area (Å²) in [6.45, 7) is 0. The van der Waals surface area contributed by atoms with Crippen LogP contribution in [-0.2, 0) is 6.18 Å². The Morgan fingerprint density at radius 3 is 2.53 bits per heavy atom. The minimum atomic E-state index is -4.50. The third-order valence-electron chi connectivity index (χ3n) is 2.24. The van der Waals surface area contributed by atoms with Crippen molar-refractivity contribution in [2.24, 2.45) is 0 Å². The highest BCUT2D eigenvalue weighted by Gasteiger charge is 2.34. The van der Waals surface area contributed by atoms with E-state index < -0.39 is 11.7 Å². The topological polar surface area (TPSA) is 48.1 Å². The maximum Gasteiger partial charge on any atom is 0.419 e. The second-order valence-corrected chi connectivity index (χ2v) is 4.56. The third-order valence-corrected chi connectivity index (χ3v) is 2.68. The standard InChI is InChI=1S/C12H8BrF3N2O/c13-7-5-9(17)11(18-6-7)19-10-4-2-1-3-8(10)12(14,15)16/h1-6H,17H2. The molecule has 0 fully saturated rings. The minimum Gasteiger partial charge on any atom is -0.436 e. The Morgan fingerprint density at radius 1 is 1.21 bits per heavy atom. The van der Waals surface area contributed by atoms with Crippen molar-refractivity contribution in [3.63, 3.8) is 0 Å². The van der Waals surface area contributed by atoms with Crippen LogP contribution in [0.4, 0.5) is 18.9 Å². The van der Waals surface area contributed by atoms with E-state index in [1.807, 2.05) is 0 Å². The van der Waals surface area contributed by atoms with Gasteiger partial charge in [0, 0.05) is 10.7 Å².